The molecule has 2 aliphatic rings. The van der Waals surface area contributed by atoms with Gasteiger partial charge in [-0.3, -0.25) is 4.90 Å². The van der Waals surface area contributed by atoms with Gasteiger partial charge in [0.2, 0.25) is 0 Å². The quantitative estimate of drug-likeness (QED) is 0.944. The molecule has 4 nitrogen and oxygen atoms in total. The molecule has 0 aliphatic carbocycles. The van der Waals surface area contributed by atoms with Gasteiger partial charge in [-0.1, -0.05) is 12.1 Å². The molecule has 2 saturated heterocycles. The van der Waals surface area contributed by atoms with Gasteiger partial charge >= 0.3 is 0 Å². The van der Waals surface area contributed by atoms with Crippen LogP contribution in [0, 0.1) is 5.41 Å². The molecule has 1 spiro atoms. The minimum Gasteiger partial charge on any atom is -0.317 e. The molecule has 2 fully saturated rings. The third kappa shape index (κ3) is 2.81. The van der Waals surface area contributed by atoms with E-state index in [1.807, 2.05) is 23.3 Å². The molecule has 0 saturated carbocycles. The summed E-state index contributed by atoms with van der Waals surface area (Å²) in [5.41, 5.74) is 3.19. The number of benzene rings is 1. The summed E-state index contributed by atoms with van der Waals surface area (Å²) in [6, 6.07) is 8.88. The van der Waals surface area contributed by atoms with Crippen molar-refractivity contribution < 1.29 is 0 Å². The molecule has 22 heavy (non-hydrogen) atoms. The van der Waals surface area contributed by atoms with Gasteiger partial charge in [0, 0.05) is 31.2 Å². The molecule has 116 valence electrons. The Hall–Kier alpha value is -1.65. The lowest BCUT2D eigenvalue weighted by Gasteiger charge is -2.33. The van der Waals surface area contributed by atoms with Gasteiger partial charge in [0.25, 0.3) is 0 Å². The fourth-order valence-electron chi connectivity index (χ4n) is 3.97. The van der Waals surface area contributed by atoms with Crippen molar-refractivity contribution in [3.8, 4) is 5.69 Å². The molecule has 0 unspecified atom stereocenters. The first kappa shape index (κ1) is 14.0. The van der Waals surface area contributed by atoms with Crippen LogP contribution in [0.5, 0.6) is 0 Å². The lowest BCUT2D eigenvalue weighted by molar-refractivity contribution is 0.194. The van der Waals surface area contributed by atoms with Crippen molar-refractivity contribution in [2.75, 3.05) is 26.2 Å². The van der Waals surface area contributed by atoms with Crippen molar-refractivity contribution in [2.24, 2.45) is 5.41 Å². The predicted molar refractivity (Wildman–Crippen MR) is 88.0 cm³/mol. The molecule has 2 aromatic rings. The van der Waals surface area contributed by atoms with E-state index in [2.05, 4.69) is 39.5 Å². The van der Waals surface area contributed by atoms with Crippen LogP contribution in [-0.2, 0) is 6.54 Å². The highest BCUT2D eigenvalue weighted by atomic mass is 15.2. The fourth-order valence-corrected chi connectivity index (χ4v) is 3.97. The van der Waals surface area contributed by atoms with Gasteiger partial charge in [-0.05, 0) is 62.0 Å². The number of likely N-dealkylation sites (tertiary alicyclic amines) is 1. The van der Waals surface area contributed by atoms with E-state index in [-0.39, 0.29) is 0 Å². The van der Waals surface area contributed by atoms with Crippen LogP contribution in [0.1, 0.15) is 24.8 Å². The average Bonchev–Trinajstić information content (AvgIpc) is 3.20. The summed E-state index contributed by atoms with van der Waals surface area (Å²) in [5.74, 6) is 0. The van der Waals surface area contributed by atoms with Crippen LogP contribution in [0.15, 0.2) is 43.0 Å². The van der Waals surface area contributed by atoms with Crippen LogP contribution in [0.4, 0.5) is 0 Å². The largest absolute Gasteiger partial charge is 0.317 e. The summed E-state index contributed by atoms with van der Waals surface area (Å²) < 4.78 is 2.05. The molecule has 1 aromatic carbocycles. The molecule has 1 N–H and O–H groups in total. The van der Waals surface area contributed by atoms with Crippen LogP contribution < -0.4 is 5.32 Å². The lowest BCUT2D eigenvalue weighted by atomic mass is 9.78. The second kappa shape index (κ2) is 5.86. The van der Waals surface area contributed by atoms with E-state index in [0.717, 1.165) is 6.54 Å². The number of hydrogen-bond acceptors (Lipinski definition) is 3. The van der Waals surface area contributed by atoms with Crippen molar-refractivity contribution in [3.05, 3.63) is 48.5 Å². The number of aromatic nitrogens is 2. The Bertz CT molecular complexity index is 597. The van der Waals surface area contributed by atoms with Crippen molar-refractivity contribution in [3.63, 3.8) is 0 Å². The van der Waals surface area contributed by atoms with Crippen LogP contribution in [0.2, 0.25) is 0 Å². The minimum atomic E-state index is 0.599. The smallest absolute Gasteiger partial charge is 0.0991 e. The van der Waals surface area contributed by atoms with Crippen molar-refractivity contribution >= 4 is 0 Å². The Morgan fingerprint density at radius 1 is 1.09 bits per heavy atom. The topological polar surface area (TPSA) is 33.1 Å². The van der Waals surface area contributed by atoms with E-state index in [9.17, 15) is 0 Å². The molecule has 2 aliphatic heterocycles. The third-order valence-corrected chi connectivity index (χ3v) is 5.33. The van der Waals surface area contributed by atoms with Gasteiger partial charge in [-0.2, -0.15) is 0 Å². The molecule has 0 bridgehead atoms. The van der Waals surface area contributed by atoms with Crippen LogP contribution >= 0.6 is 0 Å². The van der Waals surface area contributed by atoms with E-state index in [0.29, 0.717) is 5.41 Å². The zero-order chi connectivity index (χ0) is 14.8. The Labute approximate surface area is 132 Å². The number of nitrogens with zero attached hydrogens (tertiary/aromatic N) is 3. The van der Waals surface area contributed by atoms with Gasteiger partial charge < -0.3 is 9.88 Å². The molecule has 4 heteroatoms. The molecule has 3 heterocycles. The maximum absolute atomic E-state index is 4.10. The van der Waals surface area contributed by atoms with Gasteiger partial charge in [0.15, 0.2) is 0 Å². The Morgan fingerprint density at radius 3 is 2.64 bits per heavy atom. The van der Waals surface area contributed by atoms with Crippen LogP contribution in [0.3, 0.4) is 0 Å². The summed E-state index contributed by atoms with van der Waals surface area (Å²) in [6.45, 7) is 6.02. The molecule has 4 rings (SSSR count). The number of imidazole rings is 1. The van der Waals surface area contributed by atoms with E-state index >= 15 is 0 Å². The van der Waals surface area contributed by atoms with Gasteiger partial charge in [-0.15, -0.1) is 0 Å². The highest BCUT2D eigenvalue weighted by molar-refractivity contribution is 5.34. The van der Waals surface area contributed by atoms with Gasteiger partial charge in [0.1, 0.15) is 0 Å². The maximum atomic E-state index is 4.10. The third-order valence-electron chi connectivity index (χ3n) is 5.33. The summed E-state index contributed by atoms with van der Waals surface area (Å²) >= 11 is 0. The second-order valence-electron chi connectivity index (χ2n) is 6.85. The minimum absolute atomic E-state index is 0.599. The first-order valence-corrected chi connectivity index (χ1v) is 8.33. The SMILES string of the molecule is c1cn(-c2ccc(CN3CCC4(CCNCC4)C3)cc2)cn1. The van der Waals surface area contributed by atoms with E-state index < -0.39 is 0 Å². The number of rotatable bonds is 3. The lowest BCUT2D eigenvalue weighted by Crippen LogP contribution is -2.38. The first-order valence-electron chi connectivity index (χ1n) is 8.33. The van der Waals surface area contributed by atoms with Crippen molar-refractivity contribution in [2.45, 2.75) is 25.8 Å². The molecule has 0 amide bonds. The highest BCUT2D eigenvalue weighted by Gasteiger charge is 2.38. The number of piperidine rings is 1. The molecule has 0 radical (unpaired) electrons. The monoisotopic (exact) mass is 296 g/mol. The number of nitrogens with one attached hydrogen (secondary N) is 1. The van der Waals surface area contributed by atoms with E-state index in [4.69, 9.17) is 0 Å². The predicted octanol–water partition coefficient (Wildman–Crippen LogP) is 2.45. The second-order valence-corrected chi connectivity index (χ2v) is 6.85. The summed E-state index contributed by atoms with van der Waals surface area (Å²) in [6.07, 6.45) is 9.72. The van der Waals surface area contributed by atoms with Crippen molar-refractivity contribution in [1.29, 1.82) is 0 Å². The number of hydrogen-bond donors (Lipinski definition) is 1. The molecular formula is C18H24N4. The van der Waals surface area contributed by atoms with E-state index in [1.54, 1.807) is 0 Å². The summed E-state index contributed by atoms with van der Waals surface area (Å²) in [5, 5.41) is 3.49. The highest BCUT2D eigenvalue weighted by Crippen LogP contribution is 2.38. The molecule has 0 atom stereocenters. The van der Waals surface area contributed by atoms with E-state index in [1.165, 1.54) is 56.7 Å². The van der Waals surface area contributed by atoms with Gasteiger partial charge in [0.05, 0.1) is 6.33 Å². The Kier molecular flexibility index (Phi) is 3.72. The average molecular weight is 296 g/mol. The summed E-state index contributed by atoms with van der Waals surface area (Å²) in [4.78, 5) is 6.74. The normalized spacial score (nSPS) is 21.5. The zero-order valence-electron chi connectivity index (χ0n) is 13.0. The van der Waals surface area contributed by atoms with Gasteiger partial charge in [-0.25, -0.2) is 4.98 Å². The molecule has 1 aromatic heterocycles. The molecular weight excluding hydrogens is 272 g/mol. The Morgan fingerprint density at radius 2 is 1.91 bits per heavy atom. The van der Waals surface area contributed by atoms with Crippen LogP contribution in [-0.4, -0.2) is 40.6 Å². The zero-order valence-corrected chi connectivity index (χ0v) is 13.0. The maximum Gasteiger partial charge on any atom is 0.0991 e. The standard InChI is InChI=1S/C18H24N4/c1-3-17(22-12-10-20-15-22)4-2-16(1)13-21-11-7-18(14-21)5-8-19-9-6-18/h1-4,10,12,15,19H,5-9,11,13-14H2. The van der Waals surface area contributed by atoms with Crippen LogP contribution in [0.25, 0.3) is 5.69 Å². The first-order chi connectivity index (χ1) is 10.8. The fraction of sp³-hybridized carbons (Fsp3) is 0.500. The Balaban J connectivity index is 1.39. The van der Waals surface area contributed by atoms with Crippen molar-refractivity contribution in [1.82, 2.24) is 19.8 Å². The summed E-state index contributed by atoms with van der Waals surface area (Å²) in [7, 11) is 0.